The first kappa shape index (κ1) is 37.2. The first-order chi connectivity index (χ1) is 25.9. The third-order valence-corrected chi connectivity index (χ3v) is 8.72. The molecular weight excluding hydrogens is 696 g/mol. The zero-order valence-corrected chi connectivity index (χ0v) is 30.1. The number of carbonyl (C=O) groups is 4. The van der Waals surface area contributed by atoms with Gasteiger partial charge in [-0.3, -0.25) is 19.2 Å². The number of rotatable bonds is 10. The normalized spacial score (nSPS) is 19.3. The Balaban J connectivity index is 1.51. The second-order valence-corrected chi connectivity index (χ2v) is 12.5. The van der Waals surface area contributed by atoms with Crippen LogP contribution in [-0.2, 0) is 42.9 Å². The van der Waals surface area contributed by atoms with Gasteiger partial charge in [-0.25, -0.2) is 4.98 Å². The Hall–Kier alpha value is -6.52. The average Bonchev–Trinajstić information content (AvgIpc) is 3.15. The number of ether oxygens (including phenoxy) is 7. The molecule has 6 rings (SSSR count). The molecule has 13 heteroatoms. The van der Waals surface area contributed by atoms with Crippen molar-refractivity contribution in [2.45, 2.75) is 58.4 Å². The molecule has 0 radical (unpaired) electrons. The van der Waals surface area contributed by atoms with Crippen molar-refractivity contribution < 1.29 is 52.3 Å². The summed E-state index contributed by atoms with van der Waals surface area (Å²) in [6.07, 6.45) is -7.32. The quantitative estimate of drug-likeness (QED) is 0.0923. The molecule has 2 heterocycles. The predicted molar refractivity (Wildman–Crippen MR) is 194 cm³/mol. The van der Waals surface area contributed by atoms with Crippen LogP contribution in [0.1, 0.15) is 33.3 Å². The Labute approximate surface area is 310 Å². The lowest BCUT2D eigenvalue weighted by atomic mass is 9.96. The largest absolute Gasteiger partial charge is 0.497 e. The summed E-state index contributed by atoms with van der Waals surface area (Å²) in [5.41, 5.74) is 2.21. The number of nitrogens with zero attached hydrogens (tertiary/aromatic N) is 2. The van der Waals surface area contributed by atoms with Crippen LogP contribution in [0.2, 0.25) is 0 Å². The van der Waals surface area contributed by atoms with Crippen LogP contribution in [-0.4, -0.2) is 73.3 Å². The summed E-state index contributed by atoms with van der Waals surface area (Å²) in [6, 6.07) is 29.0. The van der Waals surface area contributed by atoms with Gasteiger partial charge in [0.25, 0.3) is 0 Å². The van der Waals surface area contributed by atoms with E-state index in [0.717, 1.165) is 42.3 Å². The highest BCUT2D eigenvalue weighted by atomic mass is 16.7. The molecule has 4 aromatic carbocycles. The molecule has 1 fully saturated rings. The molecule has 1 aliphatic rings. The van der Waals surface area contributed by atoms with Crippen molar-refractivity contribution in [3.8, 4) is 40.1 Å². The van der Waals surface area contributed by atoms with Gasteiger partial charge in [0.05, 0.1) is 12.8 Å². The van der Waals surface area contributed by atoms with Crippen LogP contribution in [0.4, 0.5) is 0 Å². The zero-order chi connectivity index (χ0) is 38.5. The van der Waals surface area contributed by atoms with Crippen LogP contribution in [0, 0.1) is 11.3 Å². The minimum Gasteiger partial charge on any atom is -0.497 e. The second kappa shape index (κ2) is 16.0. The fourth-order valence-electron chi connectivity index (χ4n) is 6.43. The van der Waals surface area contributed by atoms with Gasteiger partial charge in [-0.2, -0.15) is 5.26 Å². The van der Waals surface area contributed by atoms with E-state index < -0.39 is 61.2 Å². The number of esters is 4. The van der Waals surface area contributed by atoms with E-state index in [-0.39, 0.29) is 11.4 Å². The lowest BCUT2D eigenvalue weighted by Gasteiger charge is -2.43. The number of hydrogen-bond donors (Lipinski definition) is 0. The van der Waals surface area contributed by atoms with Crippen LogP contribution >= 0.6 is 0 Å². The van der Waals surface area contributed by atoms with Crippen LogP contribution < -0.4 is 9.47 Å². The maximum Gasteiger partial charge on any atom is 0.303 e. The van der Waals surface area contributed by atoms with Gasteiger partial charge in [0.2, 0.25) is 18.3 Å². The first-order valence-corrected chi connectivity index (χ1v) is 16.9. The molecule has 1 aromatic heterocycles. The molecule has 276 valence electrons. The van der Waals surface area contributed by atoms with Gasteiger partial charge in [0, 0.05) is 38.8 Å². The van der Waals surface area contributed by atoms with Crippen LogP contribution in [0.15, 0.2) is 84.9 Å². The number of pyridine rings is 1. The summed E-state index contributed by atoms with van der Waals surface area (Å²) < 4.78 is 39.8. The summed E-state index contributed by atoms with van der Waals surface area (Å²) in [7, 11) is 1.54. The van der Waals surface area contributed by atoms with E-state index >= 15 is 0 Å². The molecule has 1 saturated heterocycles. The van der Waals surface area contributed by atoms with Gasteiger partial charge in [0.1, 0.15) is 30.1 Å². The maximum atomic E-state index is 12.5. The fourth-order valence-corrected chi connectivity index (χ4v) is 6.43. The van der Waals surface area contributed by atoms with Gasteiger partial charge in [0.15, 0.2) is 12.2 Å². The summed E-state index contributed by atoms with van der Waals surface area (Å²) in [4.78, 5) is 53.7. The number of aromatic nitrogens is 1. The van der Waals surface area contributed by atoms with E-state index in [1.165, 1.54) is 6.92 Å². The minimum atomic E-state index is -1.62. The van der Waals surface area contributed by atoms with E-state index in [1.807, 2.05) is 48.5 Å². The summed E-state index contributed by atoms with van der Waals surface area (Å²) in [5, 5.41) is 14.8. The second-order valence-electron chi connectivity index (χ2n) is 12.5. The Kier molecular flexibility index (Phi) is 11.0. The summed E-state index contributed by atoms with van der Waals surface area (Å²) in [6.45, 7) is 4.08. The Morgan fingerprint density at radius 3 is 2.02 bits per heavy atom. The molecule has 13 nitrogen and oxygen atoms in total. The van der Waals surface area contributed by atoms with Crippen LogP contribution in [0.3, 0.4) is 0 Å². The van der Waals surface area contributed by atoms with Crippen molar-refractivity contribution in [2.24, 2.45) is 0 Å². The highest BCUT2D eigenvalue weighted by Gasteiger charge is 2.53. The number of methoxy groups -OCH3 is 1. The van der Waals surface area contributed by atoms with Crippen molar-refractivity contribution in [3.05, 3.63) is 90.5 Å². The smallest absolute Gasteiger partial charge is 0.303 e. The molecule has 54 heavy (non-hydrogen) atoms. The number of carbonyl (C=O) groups excluding carboxylic acids is 4. The van der Waals surface area contributed by atoms with Gasteiger partial charge < -0.3 is 33.2 Å². The van der Waals surface area contributed by atoms with Crippen LogP contribution in [0.25, 0.3) is 43.9 Å². The highest BCUT2D eigenvalue weighted by Crippen LogP contribution is 2.38. The molecule has 5 aromatic rings. The SMILES string of the molecule is COc1ccc(-c2cc(-c3ccc4c(ccc5ccccc54)c3)nc(O[C@@H]3O[C@H](COC(C)=O)[C@@H](OC(C)=O)[C@H](OC(C)=O)[C@H]3OC(C)=O)c2C#N)cc1. The molecule has 0 spiro atoms. The van der Waals surface area contributed by atoms with Crippen molar-refractivity contribution >= 4 is 45.4 Å². The van der Waals surface area contributed by atoms with Gasteiger partial charge in [-0.15, -0.1) is 0 Å². The van der Waals surface area contributed by atoms with Gasteiger partial charge in [-0.1, -0.05) is 60.7 Å². The number of hydrogen-bond acceptors (Lipinski definition) is 13. The average molecular weight is 733 g/mol. The lowest BCUT2D eigenvalue weighted by molar-refractivity contribution is -0.289. The first-order valence-electron chi connectivity index (χ1n) is 16.9. The molecule has 5 atom stereocenters. The van der Waals surface area contributed by atoms with E-state index in [1.54, 1.807) is 37.4 Å². The minimum absolute atomic E-state index is 0.00329. The number of nitriles is 1. The highest BCUT2D eigenvalue weighted by molar-refractivity contribution is 6.08. The predicted octanol–water partition coefficient (Wildman–Crippen LogP) is 6.06. The van der Waals surface area contributed by atoms with E-state index in [0.29, 0.717) is 28.1 Å². The number of benzene rings is 4. The Bertz CT molecular complexity index is 2280. The van der Waals surface area contributed by atoms with Crippen molar-refractivity contribution in [1.82, 2.24) is 4.98 Å². The molecule has 0 bridgehead atoms. The molecular formula is C41H36N2O11. The lowest BCUT2D eigenvalue weighted by Crippen LogP contribution is -2.63. The fraction of sp³-hybridized carbons (Fsp3) is 0.268. The van der Waals surface area contributed by atoms with Gasteiger partial charge in [-0.05, 0) is 51.4 Å². The molecule has 0 amide bonds. The van der Waals surface area contributed by atoms with E-state index in [2.05, 4.69) is 12.1 Å². The van der Waals surface area contributed by atoms with Crippen LogP contribution in [0.5, 0.6) is 11.6 Å². The van der Waals surface area contributed by atoms with Crippen molar-refractivity contribution in [1.29, 1.82) is 5.26 Å². The Morgan fingerprint density at radius 2 is 1.35 bits per heavy atom. The molecule has 0 unspecified atom stereocenters. The molecule has 0 N–H and O–H groups in total. The topological polar surface area (TPSA) is 170 Å². The standard InChI is InChI=1S/C41H36N2O11/c1-22(44)49-21-36-37(50-23(2)45)38(51-24(3)46)39(52-25(4)47)41(53-36)54-40-34(20-42)33(27-12-15-30(48-5)16-13-27)19-35(43-40)29-14-17-32-28(18-29)11-10-26-8-6-7-9-31(26)32/h6-19,36-39,41H,21H2,1-5H3/t36-,37-,38+,39-,41+/m1/s1. The Morgan fingerprint density at radius 1 is 0.722 bits per heavy atom. The summed E-state index contributed by atoms with van der Waals surface area (Å²) >= 11 is 0. The molecule has 1 aliphatic heterocycles. The molecule has 0 saturated carbocycles. The third-order valence-electron chi connectivity index (χ3n) is 8.72. The van der Waals surface area contributed by atoms with E-state index in [4.69, 9.17) is 38.1 Å². The number of fused-ring (bicyclic) bond motifs is 3. The van der Waals surface area contributed by atoms with Gasteiger partial charge >= 0.3 is 23.9 Å². The van der Waals surface area contributed by atoms with Crippen molar-refractivity contribution in [3.63, 3.8) is 0 Å². The third kappa shape index (κ3) is 8.09. The summed E-state index contributed by atoms with van der Waals surface area (Å²) in [5.74, 6) is -2.66. The van der Waals surface area contributed by atoms with E-state index in [9.17, 15) is 24.4 Å². The monoisotopic (exact) mass is 732 g/mol. The zero-order valence-electron chi connectivity index (χ0n) is 30.1. The maximum absolute atomic E-state index is 12.5. The van der Waals surface area contributed by atoms with Crippen molar-refractivity contribution in [2.75, 3.05) is 13.7 Å². The molecule has 0 aliphatic carbocycles.